The van der Waals surface area contributed by atoms with Crippen LogP contribution >= 0.6 is 0 Å². The van der Waals surface area contributed by atoms with E-state index < -0.39 is 15.3 Å². The highest BCUT2D eigenvalue weighted by molar-refractivity contribution is 7.93. The number of hydrogen-bond acceptors (Lipinski definition) is 4. The highest BCUT2D eigenvalue weighted by atomic mass is 32.2. The van der Waals surface area contributed by atoms with Gasteiger partial charge in [0.25, 0.3) is 0 Å². The van der Waals surface area contributed by atoms with Crippen molar-refractivity contribution in [1.29, 1.82) is 0 Å². The van der Waals surface area contributed by atoms with E-state index >= 15 is 0 Å². The number of hydrogen-bond donors (Lipinski definition) is 1. The fourth-order valence-corrected chi connectivity index (χ4v) is 2.07. The number of oxazole rings is 1. The Labute approximate surface area is 106 Å². The molecule has 2 rings (SSSR count). The van der Waals surface area contributed by atoms with Crippen molar-refractivity contribution in [2.75, 3.05) is 4.72 Å². The summed E-state index contributed by atoms with van der Waals surface area (Å²) in [6, 6.07) is 6.99. The molecule has 5 nitrogen and oxygen atoms in total. The summed E-state index contributed by atoms with van der Waals surface area (Å²) in [5.41, 5.74) is 1.29. The maximum absolute atomic E-state index is 11.8. The van der Waals surface area contributed by atoms with E-state index in [0.717, 1.165) is 5.56 Å². The number of nitrogens with one attached hydrogen (secondary N) is 1. The summed E-state index contributed by atoms with van der Waals surface area (Å²) in [6.45, 7) is 3.26. The first-order chi connectivity index (χ1) is 8.49. The van der Waals surface area contributed by atoms with Gasteiger partial charge in [-0.25, -0.2) is 13.4 Å². The average Bonchev–Trinajstić information content (AvgIpc) is 2.82. The summed E-state index contributed by atoms with van der Waals surface area (Å²) >= 11 is 0. The zero-order chi connectivity index (χ0) is 13.2. The lowest BCUT2D eigenvalue weighted by molar-refractivity contribution is 0.572. The summed E-state index contributed by atoms with van der Waals surface area (Å²) in [5, 5.41) is -0.480. The van der Waals surface area contributed by atoms with Crippen molar-refractivity contribution in [1.82, 2.24) is 4.98 Å². The van der Waals surface area contributed by atoms with Crippen molar-refractivity contribution in [3.63, 3.8) is 0 Å². The molecule has 0 amide bonds. The van der Waals surface area contributed by atoms with Crippen molar-refractivity contribution < 1.29 is 12.8 Å². The standard InChI is InChI=1S/C12H14N2O3S/c1-9(2)18(15,16)14-11-5-3-4-10(6-11)12-7-13-8-17-12/h3-9,14H,1-2H3. The molecule has 0 radical (unpaired) electrons. The second-order valence-electron chi connectivity index (χ2n) is 4.14. The minimum absolute atomic E-state index is 0.480. The van der Waals surface area contributed by atoms with Crippen LogP contribution in [0, 0.1) is 0 Å². The molecule has 0 unspecified atom stereocenters. The summed E-state index contributed by atoms with van der Waals surface area (Å²) in [6.07, 6.45) is 2.91. The Hall–Kier alpha value is -1.82. The molecule has 1 N–H and O–H groups in total. The molecule has 0 bridgehead atoms. The van der Waals surface area contributed by atoms with Gasteiger partial charge in [-0.1, -0.05) is 12.1 Å². The van der Waals surface area contributed by atoms with E-state index in [9.17, 15) is 8.42 Å². The minimum atomic E-state index is -3.33. The van der Waals surface area contributed by atoms with Crippen LogP contribution in [0.25, 0.3) is 11.3 Å². The second kappa shape index (κ2) is 4.81. The van der Waals surface area contributed by atoms with E-state index in [1.54, 1.807) is 38.2 Å². The van der Waals surface area contributed by atoms with Crippen LogP contribution in [0.15, 0.2) is 41.3 Å². The Morgan fingerprint density at radius 3 is 2.72 bits per heavy atom. The fourth-order valence-electron chi connectivity index (χ4n) is 1.38. The quantitative estimate of drug-likeness (QED) is 0.922. The molecule has 1 aromatic heterocycles. The van der Waals surface area contributed by atoms with Crippen LogP contribution in [0.2, 0.25) is 0 Å². The third kappa shape index (κ3) is 2.70. The molecule has 18 heavy (non-hydrogen) atoms. The normalized spacial score (nSPS) is 11.7. The molecule has 96 valence electrons. The second-order valence-corrected chi connectivity index (χ2v) is 6.38. The van der Waals surface area contributed by atoms with E-state index in [1.165, 1.54) is 6.39 Å². The zero-order valence-corrected chi connectivity index (χ0v) is 10.9. The molecule has 2 aromatic rings. The van der Waals surface area contributed by atoms with Gasteiger partial charge in [0.15, 0.2) is 12.2 Å². The summed E-state index contributed by atoms with van der Waals surface area (Å²) < 4.78 is 31.2. The van der Waals surface area contributed by atoms with Gasteiger partial charge in [0.05, 0.1) is 11.4 Å². The largest absolute Gasteiger partial charge is 0.444 e. The van der Waals surface area contributed by atoms with E-state index in [1.807, 2.05) is 6.07 Å². The molecule has 0 spiro atoms. The number of anilines is 1. The van der Waals surface area contributed by atoms with Crippen molar-refractivity contribution in [2.45, 2.75) is 19.1 Å². The van der Waals surface area contributed by atoms with Gasteiger partial charge < -0.3 is 4.42 Å². The third-order valence-corrected chi connectivity index (χ3v) is 4.22. The van der Waals surface area contributed by atoms with Crippen molar-refractivity contribution >= 4 is 15.7 Å². The number of rotatable bonds is 4. The number of benzene rings is 1. The number of nitrogens with zero attached hydrogens (tertiary/aromatic N) is 1. The molecule has 0 fully saturated rings. The first kappa shape index (κ1) is 12.6. The van der Waals surface area contributed by atoms with Gasteiger partial charge in [-0.2, -0.15) is 0 Å². The molecule has 0 aliphatic carbocycles. The van der Waals surface area contributed by atoms with Crippen molar-refractivity contribution in [3.8, 4) is 11.3 Å². The van der Waals surface area contributed by atoms with Gasteiger partial charge in [0.1, 0.15) is 0 Å². The predicted octanol–water partition coefficient (Wildman–Crippen LogP) is 2.49. The van der Waals surface area contributed by atoms with Gasteiger partial charge in [-0.05, 0) is 26.0 Å². The maximum atomic E-state index is 11.8. The molecular formula is C12H14N2O3S. The highest BCUT2D eigenvalue weighted by Gasteiger charge is 2.15. The Balaban J connectivity index is 2.29. The maximum Gasteiger partial charge on any atom is 0.235 e. The lowest BCUT2D eigenvalue weighted by atomic mass is 10.2. The van der Waals surface area contributed by atoms with Crippen LogP contribution in [0.1, 0.15) is 13.8 Å². The lowest BCUT2D eigenvalue weighted by Gasteiger charge is -2.11. The number of aromatic nitrogens is 1. The average molecular weight is 266 g/mol. The predicted molar refractivity (Wildman–Crippen MR) is 69.6 cm³/mol. The third-order valence-electron chi connectivity index (χ3n) is 2.46. The van der Waals surface area contributed by atoms with Crippen molar-refractivity contribution in [3.05, 3.63) is 36.9 Å². The summed E-state index contributed by atoms with van der Waals surface area (Å²) in [5.74, 6) is 0.598. The monoisotopic (exact) mass is 266 g/mol. The smallest absolute Gasteiger partial charge is 0.235 e. The lowest BCUT2D eigenvalue weighted by Crippen LogP contribution is -2.22. The minimum Gasteiger partial charge on any atom is -0.444 e. The van der Waals surface area contributed by atoms with Crippen LogP contribution in [-0.4, -0.2) is 18.7 Å². The molecule has 1 aromatic carbocycles. The summed E-state index contributed by atoms with van der Waals surface area (Å²) in [4.78, 5) is 3.83. The Bertz CT molecular complexity index is 619. The Morgan fingerprint density at radius 2 is 2.11 bits per heavy atom. The Morgan fingerprint density at radius 1 is 1.33 bits per heavy atom. The van der Waals surface area contributed by atoms with Gasteiger partial charge in [-0.3, -0.25) is 4.72 Å². The zero-order valence-electron chi connectivity index (χ0n) is 10.1. The topological polar surface area (TPSA) is 72.2 Å². The van der Waals surface area contributed by atoms with E-state index in [4.69, 9.17) is 4.42 Å². The Kier molecular flexibility index (Phi) is 3.38. The first-order valence-corrected chi connectivity index (χ1v) is 7.04. The molecule has 1 heterocycles. The SMILES string of the molecule is CC(C)S(=O)(=O)Nc1cccc(-c2cnco2)c1. The van der Waals surface area contributed by atoms with Gasteiger partial charge in [-0.15, -0.1) is 0 Å². The molecule has 0 aliphatic heterocycles. The van der Waals surface area contributed by atoms with E-state index in [2.05, 4.69) is 9.71 Å². The molecular weight excluding hydrogens is 252 g/mol. The van der Waals surface area contributed by atoms with E-state index in [0.29, 0.717) is 11.4 Å². The molecule has 0 atom stereocenters. The molecule has 0 saturated heterocycles. The van der Waals surface area contributed by atoms with Crippen LogP contribution in [0.3, 0.4) is 0 Å². The molecule has 0 saturated carbocycles. The van der Waals surface area contributed by atoms with E-state index in [-0.39, 0.29) is 0 Å². The van der Waals surface area contributed by atoms with Gasteiger partial charge in [0, 0.05) is 11.3 Å². The summed E-state index contributed by atoms with van der Waals surface area (Å²) in [7, 11) is -3.33. The molecule has 6 heteroatoms. The molecule has 0 aliphatic rings. The van der Waals surface area contributed by atoms with Crippen LogP contribution in [0.5, 0.6) is 0 Å². The first-order valence-electron chi connectivity index (χ1n) is 5.49. The highest BCUT2D eigenvalue weighted by Crippen LogP contribution is 2.23. The van der Waals surface area contributed by atoms with Gasteiger partial charge >= 0.3 is 0 Å². The number of sulfonamides is 1. The van der Waals surface area contributed by atoms with Crippen molar-refractivity contribution in [2.24, 2.45) is 0 Å². The van der Waals surface area contributed by atoms with Gasteiger partial charge in [0.2, 0.25) is 10.0 Å². The van der Waals surface area contributed by atoms with Crippen LogP contribution in [-0.2, 0) is 10.0 Å². The van der Waals surface area contributed by atoms with Crippen LogP contribution < -0.4 is 4.72 Å². The fraction of sp³-hybridized carbons (Fsp3) is 0.250. The van der Waals surface area contributed by atoms with Crippen LogP contribution in [0.4, 0.5) is 5.69 Å².